The van der Waals surface area contributed by atoms with Crippen molar-refractivity contribution in [3.63, 3.8) is 0 Å². The van der Waals surface area contributed by atoms with Gasteiger partial charge >= 0.3 is 0 Å². The number of benzene rings is 1. The number of pyridine rings is 1. The van der Waals surface area contributed by atoms with Gasteiger partial charge in [-0.1, -0.05) is 30.3 Å². The van der Waals surface area contributed by atoms with E-state index in [1.54, 1.807) is 0 Å². The van der Waals surface area contributed by atoms with Gasteiger partial charge in [-0.15, -0.1) is 0 Å². The Balaban J connectivity index is 1.28. The molecule has 1 unspecified atom stereocenters. The highest BCUT2D eigenvalue weighted by atomic mass is 16.1. The minimum Gasteiger partial charge on any atom is -0.353 e. The Kier molecular flexibility index (Phi) is 4.67. The van der Waals surface area contributed by atoms with E-state index in [0.717, 1.165) is 44.6 Å². The zero-order chi connectivity index (χ0) is 19.0. The molecule has 4 nitrogen and oxygen atoms in total. The van der Waals surface area contributed by atoms with Gasteiger partial charge in [-0.2, -0.15) is 0 Å². The lowest BCUT2D eigenvalue weighted by Gasteiger charge is -2.40. The first kappa shape index (κ1) is 17.9. The van der Waals surface area contributed by atoms with E-state index in [1.807, 2.05) is 12.3 Å². The highest BCUT2D eigenvalue weighted by Crippen LogP contribution is 2.52. The lowest BCUT2D eigenvalue weighted by Crippen LogP contribution is -2.41. The topological polar surface area (TPSA) is 45.2 Å². The van der Waals surface area contributed by atoms with Crippen LogP contribution in [0.3, 0.4) is 0 Å². The molecule has 1 atom stereocenters. The van der Waals surface area contributed by atoms with Crippen molar-refractivity contribution in [2.75, 3.05) is 13.1 Å². The maximum atomic E-state index is 12.5. The van der Waals surface area contributed by atoms with Gasteiger partial charge in [0.15, 0.2) is 0 Å². The first-order valence-corrected chi connectivity index (χ1v) is 10.7. The number of rotatable bonds is 5. The van der Waals surface area contributed by atoms with Crippen LogP contribution in [0, 0.1) is 0 Å². The number of piperidine rings is 1. The van der Waals surface area contributed by atoms with Crippen LogP contribution in [0.4, 0.5) is 0 Å². The van der Waals surface area contributed by atoms with Gasteiger partial charge in [-0.05, 0) is 79.8 Å². The summed E-state index contributed by atoms with van der Waals surface area (Å²) < 4.78 is 0. The molecular formula is C24H29N3O. The molecule has 1 spiro atoms. The van der Waals surface area contributed by atoms with Crippen molar-refractivity contribution < 1.29 is 4.79 Å². The molecule has 1 amide bonds. The monoisotopic (exact) mass is 375 g/mol. The van der Waals surface area contributed by atoms with Gasteiger partial charge in [-0.3, -0.25) is 14.7 Å². The van der Waals surface area contributed by atoms with E-state index in [9.17, 15) is 4.79 Å². The lowest BCUT2D eigenvalue weighted by atomic mass is 9.73. The van der Waals surface area contributed by atoms with Crippen LogP contribution in [0.15, 0.2) is 48.7 Å². The number of nitrogens with zero attached hydrogens (tertiary/aromatic N) is 2. The third-order valence-electron chi connectivity index (χ3n) is 6.91. The van der Waals surface area contributed by atoms with E-state index < -0.39 is 0 Å². The van der Waals surface area contributed by atoms with Crippen LogP contribution in [0.25, 0.3) is 0 Å². The largest absolute Gasteiger partial charge is 0.353 e. The number of hydrogen-bond acceptors (Lipinski definition) is 3. The number of nitrogens with one attached hydrogen (secondary N) is 1. The molecule has 1 aromatic carbocycles. The summed E-state index contributed by atoms with van der Waals surface area (Å²) in [5, 5.41) is 3.18. The van der Waals surface area contributed by atoms with Crippen LogP contribution in [0.2, 0.25) is 0 Å². The molecule has 4 heteroatoms. The highest BCUT2D eigenvalue weighted by Gasteiger charge is 2.45. The molecule has 1 N–H and O–H groups in total. The Morgan fingerprint density at radius 1 is 1.11 bits per heavy atom. The van der Waals surface area contributed by atoms with Crippen molar-refractivity contribution in [2.45, 2.75) is 62.4 Å². The average Bonchev–Trinajstić information content (AvgIpc) is 3.48. The third kappa shape index (κ3) is 3.58. The van der Waals surface area contributed by atoms with Crippen molar-refractivity contribution in [1.82, 2.24) is 15.2 Å². The third-order valence-corrected chi connectivity index (χ3v) is 6.91. The Bertz CT molecular complexity index is 838. The predicted octanol–water partition coefficient (Wildman–Crippen LogP) is 3.77. The summed E-state index contributed by atoms with van der Waals surface area (Å²) in [7, 11) is 0. The van der Waals surface area contributed by atoms with Gasteiger partial charge in [0.2, 0.25) is 5.91 Å². The molecule has 2 aromatic rings. The Labute approximate surface area is 167 Å². The number of aromatic nitrogens is 1. The van der Waals surface area contributed by atoms with Crippen molar-refractivity contribution in [3.05, 3.63) is 65.5 Å². The van der Waals surface area contributed by atoms with Gasteiger partial charge in [-0.25, -0.2) is 0 Å². The quantitative estimate of drug-likeness (QED) is 0.865. The van der Waals surface area contributed by atoms with Crippen LogP contribution >= 0.6 is 0 Å². The van der Waals surface area contributed by atoms with Crippen molar-refractivity contribution in [1.29, 1.82) is 0 Å². The second-order valence-corrected chi connectivity index (χ2v) is 8.91. The molecule has 0 radical (unpaired) electrons. The van der Waals surface area contributed by atoms with E-state index in [0.29, 0.717) is 18.4 Å². The van der Waals surface area contributed by atoms with Gasteiger partial charge < -0.3 is 5.32 Å². The maximum absolute atomic E-state index is 12.5. The molecule has 1 aromatic heterocycles. The minimum absolute atomic E-state index is 0.243. The lowest BCUT2D eigenvalue weighted by molar-refractivity contribution is -0.121. The second kappa shape index (κ2) is 7.32. The molecule has 28 heavy (non-hydrogen) atoms. The number of hydrogen-bond donors (Lipinski definition) is 1. The van der Waals surface area contributed by atoms with Gasteiger partial charge in [0.25, 0.3) is 0 Å². The second-order valence-electron chi connectivity index (χ2n) is 8.91. The molecule has 1 saturated carbocycles. The van der Waals surface area contributed by atoms with E-state index in [4.69, 9.17) is 0 Å². The van der Waals surface area contributed by atoms with Crippen molar-refractivity contribution >= 4 is 5.91 Å². The van der Waals surface area contributed by atoms with Crippen molar-refractivity contribution in [2.24, 2.45) is 0 Å². The Hall–Kier alpha value is -2.20. The zero-order valence-electron chi connectivity index (χ0n) is 16.4. The molecule has 5 rings (SSSR count). The SMILES string of the molecule is O=C(CC1CC2(CCN(Cc3ccccn3)CC2)c2ccccc21)NC1CC1. The molecule has 146 valence electrons. The Morgan fingerprint density at radius 2 is 1.89 bits per heavy atom. The zero-order valence-corrected chi connectivity index (χ0v) is 16.4. The fourth-order valence-electron chi connectivity index (χ4n) is 5.28. The van der Waals surface area contributed by atoms with Gasteiger partial charge in [0.05, 0.1) is 5.69 Å². The number of carbonyl (C=O) groups excluding carboxylic acids is 1. The van der Waals surface area contributed by atoms with Crippen LogP contribution in [0.1, 0.15) is 61.3 Å². The summed E-state index contributed by atoms with van der Waals surface area (Å²) in [5.74, 6) is 0.615. The summed E-state index contributed by atoms with van der Waals surface area (Å²) in [5.41, 5.74) is 4.34. The van der Waals surface area contributed by atoms with Crippen LogP contribution in [-0.2, 0) is 16.8 Å². The smallest absolute Gasteiger partial charge is 0.220 e. The van der Waals surface area contributed by atoms with E-state index in [1.165, 1.54) is 24.0 Å². The number of fused-ring (bicyclic) bond motifs is 2. The van der Waals surface area contributed by atoms with E-state index >= 15 is 0 Å². The highest BCUT2D eigenvalue weighted by molar-refractivity contribution is 5.78. The number of likely N-dealkylation sites (tertiary alicyclic amines) is 1. The first-order chi connectivity index (χ1) is 13.7. The van der Waals surface area contributed by atoms with Gasteiger partial charge in [0, 0.05) is 25.2 Å². The van der Waals surface area contributed by atoms with E-state index in [2.05, 4.69) is 51.6 Å². The normalized spacial score (nSPS) is 23.5. The van der Waals surface area contributed by atoms with Crippen LogP contribution in [-0.4, -0.2) is 34.9 Å². The predicted molar refractivity (Wildman–Crippen MR) is 110 cm³/mol. The molecule has 0 bridgehead atoms. The number of amides is 1. The molecule has 2 fully saturated rings. The minimum atomic E-state index is 0.243. The Morgan fingerprint density at radius 3 is 2.64 bits per heavy atom. The van der Waals surface area contributed by atoms with Crippen molar-refractivity contribution in [3.8, 4) is 0 Å². The number of carbonyl (C=O) groups is 1. The summed E-state index contributed by atoms with van der Waals surface area (Å²) in [4.78, 5) is 19.5. The molecule has 3 aliphatic rings. The maximum Gasteiger partial charge on any atom is 0.220 e. The average molecular weight is 376 g/mol. The molecule has 2 aliphatic carbocycles. The fourth-order valence-corrected chi connectivity index (χ4v) is 5.28. The fraction of sp³-hybridized carbons (Fsp3) is 0.500. The van der Waals surface area contributed by atoms with Crippen LogP contribution < -0.4 is 5.32 Å². The molecule has 2 heterocycles. The summed E-state index contributed by atoms with van der Waals surface area (Å²) in [6.45, 7) is 3.14. The first-order valence-electron chi connectivity index (χ1n) is 10.7. The summed E-state index contributed by atoms with van der Waals surface area (Å²) in [6, 6.07) is 15.5. The van der Waals surface area contributed by atoms with Crippen LogP contribution in [0.5, 0.6) is 0 Å². The summed E-state index contributed by atoms with van der Waals surface area (Å²) in [6.07, 6.45) is 8.32. The molecule has 1 saturated heterocycles. The molecular weight excluding hydrogens is 346 g/mol. The molecule has 1 aliphatic heterocycles. The van der Waals surface area contributed by atoms with E-state index in [-0.39, 0.29) is 11.3 Å². The summed E-state index contributed by atoms with van der Waals surface area (Å²) >= 11 is 0. The van der Waals surface area contributed by atoms with Gasteiger partial charge in [0.1, 0.15) is 0 Å². The standard InChI is InChI=1S/C24H29N3O/c28-23(26-19-8-9-19)15-18-16-24(22-7-2-1-6-21(18)22)10-13-27(14-11-24)17-20-5-3-4-12-25-20/h1-7,12,18-19H,8-11,13-17H2,(H,26,28).